The Morgan fingerprint density at radius 2 is 2.03 bits per heavy atom. The molecule has 11 heteroatoms. The summed E-state index contributed by atoms with van der Waals surface area (Å²) in [6, 6.07) is 2.36. The predicted molar refractivity (Wildman–Crippen MR) is 89.4 cm³/mol. The maximum Gasteiger partial charge on any atom is 0.382 e. The molecule has 4 nitrogen and oxygen atoms in total. The highest BCUT2D eigenvalue weighted by Gasteiger charge is 2.53. The van der Waals surface area contributed by atoms with Crippen LogP contribution in [0.15, 0.2) is 24.4 Å². The van der Waals surface area contributed by atoms with E-state index in [0.717, 1.165) is 10.6 Å². The fourth-order valence-electron chi connectivity index (χ4n) is 3.42. The highest BCUT2D eigenvalue weighted by atomic mass is 19.3. The van der Waals surface area contributed by atoms with E-state index >= 15 is 0 Å². The zero-order valence-electron chi connectivity index (χ0n) is 15.4. The van der Waals surface area contributed by atoms with Crippen LogP contribution in [0.25, 0.3) is 5.69 Å². The van der Waals surface area contributed by atoms with Gasteiger partial charge in [-0.1, -0.05) is 0 Å². The van der Waals surface area contributed by atoms with Crippen LogP contribution in [0.2, 0.25) is 0 Å². The summed E-state index contributed by atoms with van der Waals surface area (Å²) < 4.78 is 102. The largest absolute Gasteiger partial charge is 0.461 e. The molecular formula is C19H16F7NO3. The number of hydrogen-bond acceptors (Lipinski definition) is 3. The Kier molecular flexibility index (Phi) is 5.61. The van der Waals surface area contributed by atoms with Crippen LogP contribution in [0.1, 0.15) is 48.3 Å². The first-order chi connectivity index (χ1) is 13.9. The summed E-state index contributed by atoms with van der Waals surface area (Å²) in [5.41, 5.74) is -3.57. The quantitative estimate of drug-likeness (QED) is 0.537. The van der Waals surface area contributed by atoms with Crippen molar-refractivity contribution in [2.24, 2.45) is 0 Å². The predicted octanol–water partition coefficient (Wildman–Crippen LogP) is 4.82. The maximum absolute atomic E-state index is 14.7. The van der Waals surface area contributed by atoms with Crippen molar-refractivity contribution in [3.8, 4) is 5.69 Å². The molecule has 1 aromatic carbocycles. The van der Waals surface area contributed by atoms with Crippen molar-refractivity contribution in [2.45, 2.75) is 44.1 Å². The van der Waals surface area contributed by atoms with E-state index in [1.54, 1.807) is 0 Å². The topological polar surface area (TPSA) is 51.5 Å². The number of carbonyl (C=O) groups excluding carboxylic acids is 1. The molecule has 164 valence electrons. The number of hydrogen-bond donors (Lipinski definition) is 1. The molecule has 0 unspecified atom stereocenters. The average Bonchev–Trinajstić information content (AvgIpc) is 3.06. The summed E-state index contributed by atoms with van der Waals surface area (Å²) in [5.74, 6) is -11.4. The van der Waals surface area contributed by atoms with Gasteiger partial charge in [0.25, 0.3) is 12.3 Å². The summed E-state index contributed by atoms with van der Waals surface area (Å²) in [6.45, 7) is 0.855. The lowest BCUT2D eigenvalue weighted by Gasteiger charge is -2.30. The summed E-state index contributed by atoms with van der Waals surface area (Å²) in [5, 5.41) is 10.1. The fourth-order valence-corrected chi connectivity index (χ4v) is 3.42. The molecule has 0 bridgehead atoms. The second kappa shape index (κ2) is 7.60. The SMILES string of the molecule is CCOC(=O)C(F)(F)c1cn(-c2ccc(F)c(C(F)F)c2)c2c1[C@H](O)C(F)(F)CC2. The maximum atomic E-state index is 14.7. The first kappa shape index (κ1) is 22.1. The van der Waals surface area contributed by atoms with Crippen molar-refractivity contribution in [1.82, 2.24) is 4.57 Å². The molecule has 0 saturated heterocycles. The van der Waals surface area contributed by atoms with Gasteiger partial charge in [-0.3, -0.25) is 0 Å². The minimum absolute atomic E-state index is 0.216. The Bertz CT molecular complexity index is 971. The van der Waals surface area contributed by atoms with E-state index in [0.29, 0.717) is 18.3 Å². The van der Waals surface area contributed by atoms with Crippen molar-refractivity contribution < 1.29 is 45.4 Å². The summed E-state index contributed by atoms with van der Waals surface area (Å²) in [6.07, 6.45) is -6.67. The van der Waals surface area contributed by atoms with Crippen LogP contribution >= 0.6 is 0 Å². The monoisotopic (exact) mass is 439 g/mol. The van der Waals surface area contributed by atoms with E-state index in [2.05, 4.69) is 4.74 Å². The number of nitrogens with zero attached hydrogens (tertiary/aromatic N) is 1. The Morgan fingerprint density at radius 3 is 2.63 bits per heavy atom. The van der Waals surface area contributed by atoms with Gasteiger partial charge in [0.2, 0.25) is 0 Å². The number of esters is 1. The van der Waals surface area contributed by atoms with Crippen LogP contribution in [0, 0.1) is 5.82 Å². The summed E-state index contributed by atoms with van der Waals surface area (Å²) in [4.78, 5) is 11.8. The van der Waals surface area contributed by atoms with Crippen LogP contribution in [0.3, 0.4) is 0 Å². The highest BCUT2D eigenvalue weighted by Crippen LogP contribution is 2.48. The van der Waals surface area contributed by atoms with Gasteiger partial charge in [-0.2, -0.15) is 8.78 Å². The van der Waals surface area contributed by atoms with Crippen molar-refractivity contribution in [1.29, 1.82) is 0 Å². The molecule has 1 aliphatic rings. The number of aromatic nitrogens is 1. The molecule has 1 atom stereocenters. The zero-order chi connectivity index (χ0) is 22.4. The van der Waals surface area contributed by atoms with Gasteiger partial charge < -0.3 is 14.4 Å². The minimum Gasteiger partial charge on any atom is -0.461 e. The first-order valence-corrected chi connectivity index (χ1v) is 8.85. The number of rotatable bonds is 5. The van der Waals surface area contributed by atoms with E-state index in [1.165, 1.54) is 6.92 Å². The first-order valence-electron chi connectivity index (χ1n) is 8.85. The van der Waals surface area contributed by atoms with Crippen molar-refractivity contribution in [3.05, 3.63) is 52.6 Å². The number of aliphatic hydroxyl groups excluding tert-OH is 1. The van der Waals surface area contributed by atoms with Gasteiger partial charge in [0.15, 0.2) is 0 Å². The molecule has 1 aliphatic carbocycles. The van der Waals surface area contributed by atoms with Crippen LogP contribution in [0.5, 0.6) is 0 Å². The fraction of sp³-hybridized carbons (Fsp3) is 0.421. The third-order valence-corrected chi connectivity index (χ3v) is 4.88. The van der Waals surface area contributed by atoms with Crippen molar-refractivity contribution >= 4 is 5.97 Å². The number of benzene rings is 1. The third kappa shape index (κ3) is 3.55. The minimum atomic E-state index is -4.40. The standard InChI is InChI=1S/C19H16F7NO3/c1-2-30-17(29)19(25,26)11-8-27(9-3-4-12(20)10(7-9)16(21)22)13-5-6-18(23,24)15(28)14(11)13/h3-4,7-8,15-16,28H,2,5-6H2,1H3/t15-/m0/s1. The van der Waals surface area contributed by atoms with Gasteiger partial charge in [-0.05, 0) is 31.5 Å². The Hall–Kier alpha value is -2.56. The number of ether oxygens (including phenoxy) is 1. The van der Waals surface area contributed by atoms with Crippen LogP contribution in [-0.4, -0.2) is 28.2 Å². The summed E-state index contributed by atoms with van der Waals surface area (Å²) >= 11 is 0. The van der Waals surface area contributed by atoms with Gasteiger partial charge in [0.05, 0.1) is 17.7 Å². The van der Waals surface area contributed by atoms with Gasteiger partial charge in [-0.25, -0.2) is 26.7 Å². The van der Waals surface area contributed by atoms with Crippen molar-refractivity contribution in [3.63, 3.8) is 0 Å². The molecule has 0 radical (unpaired) electrons. The van der Waals surface area contributed by atoms with E-state index < -0.39 is 72.3 Å². The molecule has 0 saturated carbocycles. The molecule has 0 fully saturated rings. The van der Waals surface area contributed by atoms with Crippen molar-refractivity contribution in [2.75, 3.05) is 6.61 Å². The number of carbonyl (C=O) groups is 1. The molecule has 1 N–H and O–H groups in total. The smallest absolute Gasteiger partial charge is 0.382 e. The van der Waals surface area contributed by atoms with E-state index in [-0.39, 0.29) is 11.4 Å². The molecule has 3 rings (SSSR count). The normalized spacial score (nSPS) is 18.4. The number of alkyl halides is 6. The average molecular weight is 439 g/mol. The van der Waals surface area contributed by atoms with E-state index in [1.807, 2.05) is 0 Å². The van der Waals surface area contributed by atoms with Gasteiger partial charge in [-0.15, -0.1) is 0 Å². The number of aliphatic hydroxyl groups is 1. The van der Waals surface area contributed by atoms with Crippen LogP contribution < -0.4 is 0 Å². The number of fused-ring (bicyclic) bond motifs is 1. The van der Waals surface area contributed by atoms with Crippen LogP contribution in [0.4, 0.5) is 30.7 Å². The molecular weight excluding hydrogens is 423 g/mol. The van der Waals surface area contributed by atoms with E-state index in [4.69, 9.17) is 0 Å². The lowest BCUT2D eigenvalue weighted by atomic mass is 9.87. The zero-order valence-corrected chi connectivity index (χ0v) is 15.4. The lowest BCUT2D eigenvalue weighted by Crippen LogP contribution is -2.35. The number of halogens is 7. The Balaban J connectivity index is 2.25. The highest BCUT2D eigenvalue weighted by molar-refractivity contribution is 5.80. The van der Waals surface area contributed by atoms with Crippen LogP contribution in [-0.2, 0) is 21.9 Å². The van der Waals surface area contributed by atoms with Gasteiger partial charge in [0.1, 0.15) is 11.9 Å². The second-order valence-electron chi connectivity index (χ2n) is 6.74. The molecule has 30 heavy (non-hydrogen) atoms. The molecule has 0 aliphatic heterocycles. The lowest BCUT2D eigenvalue weighted by molar-refractivity contribution is -0.174. The molecule has 1 heterocycles. The molecule has 0 spiro atoms. The van der Waals surface area contributed by atoms with E-state index in [9.17, 15) is 40.6 Å². The Labute approximate surface area is 165 Å². The molecule has 0 amide bonds. The Morgan fingerprint density at radius 1 is 1.37 bits per heavy atom. The molecule has 2 aromatic rings. The third-order valence-electron chi connectivity index (χ3n) is 4.88. The van der Waals surface area contributed by atoms with Gasteiger partial charge >= 0.3 is 11.9 Å². The summed E-state index contributed by atoms with van der Waals surface area (Å²) in [7, 11) is 0. The second-order valence-corrected chi connectivity index (χ2v) is 6.74. The molecule has 1 aromatic heterocycles. The van der Waals surface area contributed by atoms with Gasteiger partial charge in [0, 0.05) is 29.6 Å².